The van der Waals surface area contributed by atoms with Gasteiger partial charge < -0.3 is 4.42 Å². The van der Waals surface area contributed by atoms with E-state index in [2.05, 4.69) is 52.3 Å². The summed E-state index contributed by atoms with van der Waals surface area (Å²) >= 11 is 3.50. The van der Waals surface area contributed by atoms with Crippen LogP contribution in [0.5, 0.6) is 0 Å². The molecule has 0 aliphatic rings. The van der Waals surface area contributed by atoms with Gasteiger partial charge in [-0.1, -0.05) is 70.5 Å². The van der Waals surface area contributed by atoms with Crippen LogP contribution in [0.4, 0.5) is 0 Å². The summed E-state index contributed by atoms with van der Waals surface area (Å²) in [6.45, 7) is 0. The second-order valence-electron chi connectivity index (χ2n) is 6.20. The monoisotopic (exact) mass is 399 g/mol. The van der Waals surface area contributed by atoms with Crippen LogP contribution >= 0.6 is 15.9 Å². The first-order valence-corrected chi connectivity index (χ1v) is 9.22. The average Bonchev–Trinajstić information content (AvgIpc) is 3.07. The van der Waals surface area contributed by atoms with Gasteiger partial charge in [-0.3, -0.25) is 0 Å². The van der Waals surface area contributed by atoms with Crippen LogP contribution in [-0.2, 0) is 0 Å². The number of fused-ring (bicyclic) bond motifs is 3. The van der Waals surface area contributed by atoms with Crippen LogP contribution in [-0.4, -0.2) is 4.98 Å². The van der Waals surface area contributed by atoms with Gasteiger partial charge in [-0.2, -0.15) is 0 Å². The Morgan fingerprint density at radius 1 is 0.731 bits per heavy atom. The maximum atomic E-state index is 6.18. The fourth-order valence-electron chi connectivity index (χ4n) is 3.28. The second-order valence-corrected chi connectivity index (χ2v) is 7.12. The van der Waals surface area contributed by atoms with Gasteiger partial charge in [0.2, 0.25) is 0 Å². The van der Waals surface area contributed by atoms with E-state index < -0.39 is 0 Å². The molecule has 5 rings (SSSR count). The topological polar surface area (TPSA) is 26.0 Å². The summed E-state index contributed by atoms with van der Waals surface area (Å²) < 4.78 is 7.23. The Hall–Kier alpha value is -2.91. The van der Waals surface area contributed by atoms with Crippen LogP contribution in [0.25, 0.3) is 44.5 Å². The first-order valence-electron chi connectivity index (χ1n) is 8.43. The summed E-state index contributed by atoms with van der Waals surface area (Å²) in [5.74, 6) is 0. The van der Waals surface area contributed by atoms with Crippen LogP contribution in [0, 0.1) is 0 Å². The lowest BCUT2D eigenvalue weighted by Crippen LogP contribution is -1.88. The molecule has 3 aromatic carbocycles. The normalized spacial score (nSPS) is 11.3. The predicted molar refractivity (Wildman–Crippen MR) is 110 cm³/mol. The molecule has 0 saturated heterocycles. The van der Waals surface area contributed by atoms with Crippen molar-refractivity contribution in [2.24, 2.45) is 0 Å². The highest BCUT2D eigenvalue weighted by molar-refractivity contribution is 9.10. The Morgan fingerprint density at radius 3 is 2.27 bits per heavy atom. The highest BCUT2D eigenvalue weighted by Crippen LogP contribution is 2.37. The Kier molecular flexibility index (Phi) is 3.61. The van der Waals surface area contributed by atoms with Gasteiger partial charge in [0.25, 0.3) is 0 Å². The number of halogens is 1. The lowest BCUT2D eigenvalue weighted by molar-refractivity contribution is 0.669. The Balaban J connectivity index is 1.87. The minimum absolute atomic E-state index is 0.832. The summed E-state index contributed by atoms with van der Waals surface area (Å²) in [5, 5.41) is 1.04. The quantitative estimate of drug-likeness (QED) is 0.317. The van der Waals surface area contributed by atoms with E-state index in [9.17, 15) is 0 Å². The molecule has 0 aliphatic carbocycles. The van der Waals surface area contributed by atoms with Crippen molar-refractivity contribution in [3.63, 3.8) is 0 Å². The minimum Gasteiger partial charge on any atom is -0.454 e. The summed E-state index contributed by atoms with van der Waals surface area (Å²) in [6, 6.07) is 28.7. The van der Waals surface area contributed by atoms with Crippen LogP contribution in [0.15, 0.2) is 93.8 Å². The number of aromatic nitrogens is 1. The second kappa shape index (κ2) is 6.11. The fourth-order valence-corrected chi connectivity index (χ4v) is 3.55. The third-order valence-corrected chi connectivity index (χ3v) is 5.08. The van der Waals surface area contributed by atoms with Gasteiger partial charge in [-0.25, -0.2) is 4.98 Å². The van der Waals surface area contributed by atoms with Crippen LogP contribution in [0.2, 0.25) is 0 Å². The maximum Gasteiger partial charge on any atom is 0.161 e. The van der Waals surface area contributed by atoms with E-state index in [0.29, 0.717) is 0 Å². The van der Waals surface area contributed by atoms with Crippen LogP contribution < -0.4 is 0 Å². The van der Waals surface area contributed by atoms with Gasteiger partial charge in [0, 0.05) is 21.0 Å². The number of para-hydroxylation sites is 1. The summed E-state index contributed by atoms with van der Waals surface area (Å²) in [5.41, 5.74) is 6.80. The van der Waals surface area contributed by atoms with Gasteiger partial charge in [-0.05, 0) is 35.9 Å². The predicted octanol–water partition coefficient (Wildman–Crippen LogP) is 7.08. The molecule has 0 N–H and O–H groups in total. The molecule has 26 heavy (non-hydrogen) atoms. The number of nitrogens with zero attached hydrogens (tertiary/aromatic N) is 1. The zero-order valence-corrected chi connectivity index (χ0v) is 15.4. The van der Waals surface area contributed by atoms with E-state index in [-0.39, 0.29) is 0 Å². The fraction of sp³-hybridized carbons (Fsp3) is 0. The van der Waals surface area contributed by atoms with Gasteiger partial charge in [0.1, 0.15) is 11.1 Å². The molecule has 2 heterocycles. The molecule has 2 nitrogen and oxygen atoms in total. The van der Waals surface area contributed by atoms with Crippen molar-refractivity contribution in [2.45, 2.75) is 0 Å². The van der Waals surface area contributed by atoms with E-state index >= 15 is 0 Å². The van der Waals surface area contributed by atoms with Crippen molar-refractivity contribution in [3.8, 4) is 22.4 Å². The molecule has 0 amide bonds. The average molecular weight is 400 g/mol. The third kappa shape index (κ3) is 2.52. The number of pyridine rings is 1. The molecule has 0 unspecified atom stereocenters. The number of furan rings is 1. The van der Waals surface area contributed by atoms with E-state index in [1.54, 1.807) is 0 Å². The molecule has 124 valence electrons. The molecule has 0 atom stereocenters. The van der Waals surface area contributed by atoms with E-state index in [0.717, 1.165) is 48.9 Å². The standard InChI is InChI=1S/C23H14BrNO/c24-17-12-10-16(11-13-17)20-14-19(15-6-2-1-3-7-15)23-22(25-20)18-8-4-5-9-21(18)26-23/h1-14H. The van der Waals surface area contributed by atoms with Gasteiger partial charge in [0.05, 0.1) is 5.69 Å². The molecule has 2 aromatic heterocycles. The highest BCUT2D eigenvalue weighted by Gasteiger charge is 2.16. The van der Waals surface area contributed by atoms with E-state index in [4.69, 9.17) is 9.40 Å². The number of hydrogen-bond acceptors (Lipinski definition) is 2. The molecule has 0 fully saturated rings. The number of hydrogen-bond donors (Lipinski definition) is 0. The van der Waals surface area contributed by atoms with Crippen molar-refractivity contribution < 1.29 is 4.42 Å². The third-order valence-electron chi connectivity index (χ3n) is 4.55. The Labute approximate surface area is 159 Å². The van der Waals surface area contributed by atoms with Crippen molar-refractivity contribution in [3.05, 3.63) is 89.4 Å². The zero-order valence-electron chi connectivity index (χ0n) is 13.8. The maximum absolute atomic E-state index is 6.18. The van der Waals surface area contributed by atoms with Gasteiger partial charge in [-0.15, -0.1) is 0 Å². The first kappa shape index (κ1) is 15.4. The summed E-state index contributed by atoms with van der Waals surface area (Å²) in [6.07, 6.45) is 0. The smallest absolute Gasteiger partial charge is 0.161 e. The molecule has 0 radical (unpaired) electrons. The largest absolute Gasteiger partial charge is 0.454 e. The SMILES string of the molecule is Brc1ccc(-c2cc(-c3ccccc3)c3oc4ccccc4c3n2)cc1. The van der Waals surface area contributed by atoms with Gasteiger partial charge >= 0.3 is 0 Å². The summed E-state index contributed by atoms with van der Waals surface area (Å²) in [4.78, 5) is 4.94. The van der Waals surface area contributed by atoms with Crippen LogP contribution in [0.3, 0.4) is 0 Å². The first-order chi connectivity index (χ1) is 12.8. The van der Waals surface area contributed by atoms with Crippen molar-refractivity contribution >= 4 is 38.0 Å². The van der Waals surface area contributed by atoms with E-state index in [1.165, 1.54) is 0 Å². The van der Waals surface area contributed by atoms with E-state index in [1.807, 2.05) is 48.5 Å². The Morgan fingerprint density at radius 2 is 1.46 bits per heavy atom. The molecule has 5 aromatic rings. The van der Waals surface area contributed by atoms with Crippen LogP contribution in [0.1, 0.15) is 0 Å². The van der Waals surface area contributed by atoms with Gasteiger partial charge in [0.15, 0.2) is 5.58 Å². The molecular weight excluding hydrogens is 386 g/mol. The number of rotatable bonds is 2. The number of benzene rings is 3. The molecular formula is C23H14BrNO. The zero-order chi connectivity index (χ0) is 17.5. The molecule has 0 spiro atoms. The lowest BCUT2D eigenvalue weighted by atomic mass is 10.0. The molecule has 0 bridgehead atoms. The Bertz CT molecular complexity index is 1220. The highest BCUT2D eigenvalue weighted by atomic mass is 79.9. The molecule has 0 aliphatic heterocycles. The molecule has 0 saturated carbocycles. The van der Waals surface area contributed by atoms with Crippen molar-refractivity contribution in [2.75, 3.05) is 0 Å². The lowest BCUT2D eigenvalue weighted by Gasteiger charge is -2.07. The summed E-state index contributed by atoms with van der Waals surface area (Å²) in [7, 11) is 0. The molecule has 3 heteroatoms. The minimum atomic E-state index is 0.832. The van der Waals surface area contributed by atoms with Crippen molar-refractivity contribution in [1.82, 2.24) is 4.98 Å². The van der Waals surface area contributed by atoms with Crippen molar-refractivity contribution in [1.29, 1.82) is 0 Å².